The summed E-state index contributed by atoms with van der Waals surface area (Å²) in [6, 6.07) is 16.5. The predicted octanol–water partition coefficient (Wildman–Crippen LogP) is 6.78. The number of hydrogen-bond donors (Lipinski definition) is 0. The van der Waals surface area contributed by atoms with Gasteiger partial charge in [0.2, 0.25) is 0 Å². The Balaban J connectivity index is 1.92. The quantitative estimate of drug-likeness (QED) is 0.246. The zero-order valence-corrected chi connectivity index (χ0v) is 17.8. The van der Waals surface area contributed by atoms with Crippen molar-refractivity contribution in [1.82, 2.24) is 9.55 Å². The van der Waals surface area contributed by atoms with Gasteiger partial charge in [0, 0.05) is 16.3 Å². The van der Waals surface area contributed by atoms with Crippen LogP contribution in [-0.2, 0) is 5.75 Å². The third kappa shape index (κ3) is 3.88. The number of rotatable bonds is 4. The monoisotopic (exact) mass is 464 g/mol. The minimum atomic E-state index is -0.421. The first kappa shape index (κ1) is 20.2. The molecule has 0 aliphatic carbocycles. The van der Waals surface area contributed by atoms with E-state index in [2.05, 4.69) is 4.98 Å². The Hall–Kier alpha value is -2.05. The van der Waals surface area contributed by atoms with E-state index in [4.69, 9.17) is 34.8 Å². The van der Waals surface area contributed by atoms with Crippen LogP contribution in [0.3, 0.4) is 0 Å². The number of halogens is 4. The van der Waals surface area contributed by atoms with Gasteiger partial charge in [-0.15, -0.1) is 0 Å². The highest BCUT2D eigenvalue weighted by Crippen LogP contribution is 2.33. The van der Waals surface area contributed by atoms with Crippen LogP contribution >= 0.6 is 46.6 Å². The van der Waals surface area contributed by atoms with Gasteiger partial charge in [0.25, 0.3) is 5.56 Å². The van der Waals surface area contributed by atoms with Crippen molar-refractivity contribution in [2.75, 3.05) is 0 Å². The van der Waals surface area contributed by atoms with Crippen molar-refractivity contribution in [1.29, 1.82) is 0 Å². The molecule has 3 nitrogen and oxygen atoms in total. The summed E-state index contributed by atoms with van der Waals surface area (Å²) in [6.07, 6.45) is 0. The maximum atomic E-state index is 14.2. The highest BCUT2D eigenvalue weighted by Gasteiger charge is 2.19. The SMILES string of the molecule is O=c1c2ccccc2nc(SCc2c(F)cccc2Cl)n1-c1c(Cl)cccc1Cl. The van der Waals surface area contributed by atoms with Gasteiger partial charge in [-0.1, -0.05) is 70.8 Å². The van der Waals surface area contributed by atoms with Crippen LogP contribution in [0.5, 0.6) is 0 Å². The van der Waals surface area contributed by atoms with E-state index in [0.29, 0.717) is 42.4 Å². The predicted molar refractivity (Wildman–Crippen MR) is 118 cm³/mol. The summed E-state index contributed by atoms with van der Waals surface area (Å²) in [5.41, 5.74) is 0.881. The van der Waals surface area contributed by atoms with Crippen molar-refractivity contribution in [3.63, 3.8) is 0 Å². The smallest absolute Gasteiger partial charge is 0.266 e. The lowest BCUT2D eigenvalue weighted by Gasteiger charge is -2.16. The van der Waals surface area contributed by atoms with E-state index in [1.165, 1.54) is 22.4 Å². The number of thioether (sulfide) groups is 1. The van der Waals surface area contributed by atoms with Gasteiger partial charge in [-0.2, -0.15) is 0 Å². The van der Waals surface area contributed by atoms with Gasteiger partial charge in [-0.3, -0.25) is 9.36 Å². The van der Waals surface area contributed by atoms with Crippen molar-refractivity contribution < 1.29 is 4.39 Å². The van der Waals surface area contributed by atoms with Crippen LogP contribution in [0.15, 0.2) is 70.6 Å². The second-order valence-electron chi connectivity index (χ2n) is 6.11. The van der Waals surface area contributed by atoms with Crippen LogP contribution < -0.4 is 5.56 Å². The van der Waals surface area contributed by atoms with Crippen molar-refractivity contribution in [3.8, 4) is 5.69 Å². The maximum absolute atomic E-state index is 14.2. The lowest BCUT2D eigenvalue weighted by atomic mass is 10.2. The summed E-state index contributed by atoms with van der Waals surface area (Å²) in [5, 5.41) is 1.69. The molecule has 0 unspecified atom stereocenters. The summed E-state index contributed by atoms with van der Waals surface area (Å²) in [5.74, 6) is -0.242. The molecule has 0 spiro atoms. The fraction of sp³-hybridized carbons (Fsp3) is 0.0476. The van der Waals surface area contributed by atoms with Gasteiger partial charge in [0.1, 0.15) is 5.82 Å². The molecular formula is C21H12Cl3FN2OS. The first-order valence-corrected chi connectivity index (χ1v) is 10.6. The summed E-state index contributed by atoms with van der Waals surface area (Å²) in [4.78, 5) is 17.9. The van der Waals surface area contributed by atoms with E-state index in [0.717, 1.165) is 0 Å². The number of para-hydroxylation sites is 2. The topological polar surface area (TPSA) is 34.9 Å². The van der Waals surface area contributed by atoms with E-state index in [1.807, 2.05) is 0 Å². The molecule has 0 N–H and O–H groups in total. The Labute approximate surface area is 185 Å². The molecule has 0 bridgehead atoms. The van der Waals surface area contributed by atoms with Gasteiger partial charge < -0.3 is 0 Å². The molecule has 0 amide bonds. The fourth-order valence-electron chi connectivity index (χ4n) is 2.92. The van der Waals surface area contributed by atoms with E-state index in [-0.39, 0.29) is 11.3 Å². The van der Waals surface area contributed by atoms with Crippen LogP contribution in [0.25, 0.3) is 16.6 Å². The summed E-state index contributed by atoms with van der Waals surface area (Å²) >= 11 is 20.1. The van der Waals surface area contributed by atoms with Crippen LogP contribution in [0.1, 0.15) is 5.56 Å². The van der Waals surface area contributed by atoms with Gasteiger partial charge in [0.15, 0.2) is 5.16 Å². The van der Waals surface area contributed by atoms with Gasteiger partial charge in [-0.05, 0) is 36.4 Å². The Morgan fingerprint density at radius 1 is 0.897 bits per heavy atom. The largest absolute Gasteiger partial charge is 0.268 e. The number of hydrogen-bond acceptors (Lipinski definition) is 3. The molecule has 0 fully saturated rings. The van der Waals surface area contributed by atoms with Crippen molar-refractivity contribution in [3.05, 3.63) is 97.5 Å². The van der Waals surface area contributed by atoms with E-state index >= 15 is 0 Å². The highest BCUT2D eigenvalue weighted by atomic mass is 35.5. The fourth-order valence-corrected chi connectivity index (χ4v) is 4.82. The molecule has 29 heavy (non-hydrogen) atoms. The van der Waals surface area contributed by atoms with Crippen molar-refractivity contribution >= 4 is 57.5 Å². The van der Waals surface area contributed by atoms with Gasteiger partial charge >= 0.3 is 0 Å². The molecule has 0 saturated heterocycles. The van der Waals surface area contributed by atoms with E-state index in [1.54, 1.807) is 54.6 Å². The van der Waals surface area contributed by atoms with Crippen molar-refractivity contribution in [2.24, 2.45) is 0 Å². The standard InChI is InChI=1S/C21H12Cl3FN2OS/c22-14-6-4-9-17(25)13(14)11-29-21-26-18-10-2-1-5-12(18)20(28)27(21)19-15(23)7-3-8-16(19)24/h1-10H,11H2. The van der Waals surface area contributed by atoms with Gasteiger partial charge in [-0.25, -0.2) is 9.37 Å². The second-order valence-corrected chi connectivity index (χ2v) is 8.28. The van der Waals surface area contributed by atoms with E-state index < -0.39 is 5.82 Å². The Kier molecular flexibility index (Phi) is 5.83. The first-order chi connectivity index (χ1) is 14.0. The highest BCUT2D eigenvalue weighted by molar-refractivity contribution is 7.98. The maximum Gasteiger partial charge on any atom is 0.266 e. The Bertz CT molecular complexity index is 1250. The Morgan fingerprint density at radius 3 is 2.28 bits per heavy atom. The summed E-state index contributed by atoms with van der Waals surface area (Å²) in [7, 11) is 0. The third-order valence-corrected chi connectivity index (χ3v) is 6.24. The van der Waals surface area contributed by atoms with Crippen molar-refractivity contribution in [2.45, 2.75) is 10.9 Å². The third-order valence-electron chi connectivity index (χ3n) is 4.31. The molecular weight excluding hydrogens is 454 g/mol. The number of fused-ring (bicyclic) bond motifs is 1. The second kappa shape index (κ2) is 8.36. The molecule has 0 radical (unpaired) electrons. The minimum Gasteiger partial charge on any atom is -0.268 e. The van der Waals surface area contributed by atoms with Crippen LogP contribution in [0.4, 0.5) is 4.39 Å². The lowest BCUT2D eigenvalue weighted by molar-refractivity contribution is 0.617. The zero-order chi connectivity index (χ0) is 20.5. The molecule has 3 aromatic carbocycles. The normalized spacial score (nSPS) is 11.2. The Morgan fingerprint density at radius 2 is 1.55 bits per heavy atom. The first-order valence-electron chi connectivity index (χ1n) is 8.49. The molecule has 8 heteroatoms. The number of aromatic nitrogens is 2. The van der Waals surface area contributed by atoms with Gasteiger partial charge in [0.05, 0.1) is 26.6 Å². The lowest BCUT2D eigenvalue weighted by Crippen LogP contribution is -2.22. The number of benzene rings is 3. The molecule has 146 valence electrons. The summed E-state index contributed by atoms with van der Waals surface area (Å²) in [6.45, 7) is 0. The molecule has 0 atom stereocenters. The number of nitrogens with zero attached hydrogens (tertiary/aromatic N) is 2. The minimum absolute atomic E-state index is 0.179. The van der Waals surface area contributed by atoms with E-state index in [9.17, 15) is 9.18 Å². The molecule has 1 aromatic heterocycles. The van der Waals surface area contributed by atoms with Crippen LogP contribution in [0.2, 0.25) is 15.1 Å². The molecule has 0 aliphatic heterocycles. The average Bonchev–Trinajstić information content (AvgIpc) is 2.69. The molecule has 0 aliphatic rings. The zero-order valence-electron chi connectivity index (χ0n) is 14.7. The molecule has 0 saturated carbocycles. The average molecular weight is 466 g/mol. The summed E-state index contributed by atoms with van der Waals surface area (Å²) < 4.78 is 15.6. The van der Waals surface area contributed by atoms with Crippen LogP contribution in [-0.4, -0.2) is 9.55 Å². The molecule has 4 rings (SSSR count). The van der Waals surface area contributed by atoms with Crippen LogP contribution in [0, 0.1) is 5.82 Å². The molecule has 1 heterocycles. The molecule has 4 aromatic rings.